The molecule has 0 saturated heterocycles. The summed E-state index contributed by atoms with van der Waals surface area (Å²) in [7, 11) is -4.38. The van der Waals surface area contributed by atoms with Crippen LogP contribution >= 0.6 is 7.82 Å². The highest BCUT2D eigenvalue weighted by Crippen LogP contribution is 2.43. The van der Waals surface area contributed by atoms with Crippen LogP contribution in [0.3, 0.4) is 0 Å². The summed E-state index contributed by atoms with van der Waals surface area (Å²) in [6.07, 6.45) is 49.6. The van der Waals surface area contributed by atoms with Crippen LogP contribution in [-0.4, -0.2) is 49.3 Å². The predicted molar refractivity (Wildman–Crippen MR) is 248 cm³/mol. The smallest absolute Gasteiger partial charge is 0.462 e. The van der Waals surface area contributed by atoms with Crippen molar-refractivity contribution < 1.29 is 37.6 Å². The van der Waals surface area contributed by atoms with Gasteiger partial charge < -0.3 is 20.1 Å². The van der Waals surface area contributed by atoms with Crippen molar-refractivity contribution in [3.63, 3.8) is 0 Å². The van der Waals surface area contributed by atoms with E-state index in [0.717, 1.165) is 44.9 Å². The van der Waals surface area contributed by atoms with Gasteiger partial charge in [0.15, 0.2) is 6.10 Å². The molecule has 2 atom stereocenters. The highest BCUT2D eigenvalue weighted by atomic mass is 31.2. The topological polar surface area (TPSA) is 134 Å². The minimum absolute atomic E-state index is 0.0558. The van der Waals surface area contributed by atoms with E-state index in [-0.39, 0.29) is 38.6 Å². The molecule has 0 saturated carbocycles. The standard InChI is InChI=1S/C49H96NO8P/c1-3-5-7-9-11-13-15-17-19-21-23-25-27-29-31-33-35-37-39-41-48(51)55-45-47(46-57-59(53,54)56-44-43-50)58-49(52)42-40-38-36-34-32-30-28-26-24-22-20-18-16-14-12-10-8-6-4-2/h22,24,47H,3-21,23,25-46,50H2,1-2H3,(H,53,54)/b24-22-/t47-/m1/s1. The summed E-state index contributed by atoms with van der Waals surface area (Å²) in [5.41, 5.74) is 5.36. The van der Waals surface area contributed by atoms with Crippen molar-refractivity contribution in [3.05, 3.63) is 12.2 Å². The van der Waals surface area contributed by atoms with Gasteiger partial charge in [-0.1, -0.05) is 219 Å². The van der Waals surface area contributed by atoms with Crippen LogP contribution in [0.2, 0.25) is 0 Å². The molecule has 9 nitrogen and oxygen atoms in total. The number of ether oxygens (including phenoxy) is 2. The van der Waals surface area contributed by atoms with Crippen molar-refractivity contribution in [2.45, 2.75) is 264 Å². The summed E-state index contributed by atoms with van der Waals surface area (Å²) in [4.78, 5) is 35.0. The number of carbonyl (C=O) groups excluding carboxylic acids is 2. The van der Waals surface area contributed by atoms with Crippen LogP contribution in [0.4, 0.5) is 0 Å². The third kappa shape index (κ3) is 46.1. The molecule has 3 N–H and O–H groups in total. The molecule has 0 spiro atoms. The number of unbranched alkanes of at least 4 members (excludes halogenated alkanes) is 33. The number of allylic oxidation sites excluding steroid dienone is 2. The first-order valence-electron chi connectivity index (χ1n) is 25.2. The Morgan fingerprint density at radius 2 is 0.831 bits per heavy atom. The molecule has 0 radical (unpaired) electrons. The Balaban J connectivity index is 4.03. The van der Waals surface area contributed by atoms with Crippen LogP contribution < -0.4 is 5.73 Å². The van der Waals surface area contributed by atoms with E-state index in [2.05, 4.69) is 26.0 Å². The van der Waals surface area contributed by atoms with E-state index in [4.69, 9.17) is 24.3 Å². The van der Waals surface area contributed by atoms with Crippen molar-refractivity contribution in [1.29, 1.82) is 0 Å². The molecule has 0 amide bonds. The van der Waals surface area contributed by atoms with Gasteiger partial charge >= 0.3 is 19.8 Å². The largest absolute Gasteiger partial charge is 0.472 e. The minimum atomic E-state index is -4.38. The molecule has 59 heavy (non-hydrogen) atoms. The fourth-order valence-corrected chi connectivity index (χ4v) is 8.16. The van der Waals surface area contributed by atoms with Crippen LogP contribution in [0.1, 0.15) is 258 Å². The Morgan fingerprint density at radius 3 is 1.20 bits per heavy atom. The summed E-state index contributed by atoms with van der Waals surface area (Å²) in [5, 5.41) is 0. The summed E-state index contributed by atoms with van der Waals surface area (Å²) in [6, 6.07) is 0. The molecule has 0 aromatic carbocycles. The predicted octanol–water partition coefficient (Wildman–Crippen LogP) is 15.0. The van der Waals surface area contributed by atoms with Crippen LogP contribution in [0, 0.1) is 0 Å². The third-order valence-electron chi connectivity index (χ3n) is 11.2. The number of rotatable bonds is 48. The van der Waals surface area contributed by atoms with Gasteiger partial charge in [0.05, 0.1) is 13.2 Å². The molecule has 0 aromatic rings. The summed E-state index contributed by atoms with van der Waals surface area (Å²) in [6.45, 7) is 3.78. The lowest BCUT2D eigenvalue weighted by Crippen LogP contribution is -2.29. The number of hydrogen-bond acceptors (Lipinski definition) is 8. The summed E-state index contributed by atoms with van der Waals surface area (Å²) >= 11 is 0. The van der Waals surface area contributed by atoms with E-state index >= 15 is 0 Å². The maximum atomic E-state index is 12.6. The molecule has 0 aromatic heterocycles. The number of phosphoric acid groups is 1. The average molecular weight is 858 g/mol. The second-order valence-corrected chi connectivity index (χ2v) is 18.5. The van der Waals surface area contributed by atoms with Crippen molar-refractivity contribution in [1.82, 2.24) is 0 Å². The summed E-state index contributed by atoms with van der Waals surface area (Å²) < 4.78 is 32.9. The number of carbonyl (C=O) groups is 2. The van der Waals surface area contributed by atoms with E-state index in [1.54, 1.807) is 0 Å². The van der Waals surface area contributed by atoms with E-state index in [0.29, 0.717) is 6.42 Å². The first kappa shape index (κ1) is 57.8. The Hall–Kier alpha value is -1.25. The zero-order chi connectivity index (χ0) is 43.2. The maximum absolute atomic E-state index is 12.6. The van der Waals surface area contributed by atoms with Crippen molar-refractivity contribution >= 4 is 19.8 Å². The quantitative estimate of drug-likeness (QED) is 0.0265. The highest BCUT2D eigenvalue weighted by molar-refractivity contribution is 7.47. The molecule has 0 aliphatic carbocycles. The Kier molecular flexibility index (Phi) is 45.3. The van der Waals surface area contributed by atoms with E-state index in [1.807, 2.05) is 0 Å². The Labute approximate surface area is 364 Å². The highest BCUT2D eigenvalue weighted by Gasteiger charge is 2.26. The lowest BCUT2D eigenvalue weighted by atomic mass is 10.0. The minimum Gasteiger partial charge on any atom is -0.462 e. The fraction of sp³-hybridized carbons (Fsp3) is 0.918. The molecule has 0 rings (SSSR count). The van der Waals surface area contributed by atoms with Gasteiger partial charge in [-0.15, -0.1) is 0 Å². The van der Waals surface area contributed by atoms with Crippen LogP contribution in [-0.2, 0) is 32.7 Å². The van der Waals surface area contributed by atoms with E-state index in [1.165, 1.54) is 180 Å². The van der Waals surface area contributed by atoms with Gasteiger partial charge in [-0.05, 0) is 38.5 Å². The molecule has 0 aliphatic rings. The van der Waals surface area contributed by atoms with E-state index < -0.39 is 26.5 Å². The third-order valence-corrected chi connectivity index (χ3v) is 12.1. The van der Waals surface area contributed by atoms with Gasteiger partial charge in [0.25, 0.3) is 0 Å². The number of nitrogens with two attached hydrogens (primary N) is 1. The number of phosphoric ester groups is 1. The lowest BCUT2D eigenvalue weighted by Gasteiger charge is -2.19. The monoisotopic (exact) mass is 858 g/mol. The van der Waals surface area contributed by atoms with Gasteiger partial charge in [-0.25, -0.2) is 4.57 Å². The molecule has 10 heteroatoms. The van der Waals surface area contributed by atoms with Gasteiger partial charge in [0.2, 0.25) is 0 Å². The average Bonchev–Trinajstić information content (AvgIpc) is 3.22. The zero-order valence-corrected chi connectivity index (χ0v) is 39.7. The van der Waals surface area contributed by atoms with Crippen molar-refractivity contribution in [3.8, 4) is 0 Å². The van der Waals surface area contributed by atoms with Crippen LogP contribution in [0.25, 0.3) is 0 Å². The van der Waals surface area contributed by atoms with Crippen molar-refractivity contribution in [2.75, 3.05) is 26.4 Å². The zero-order valence-electron chi connectivity index (χ0n) is 38.8. The molecular formula is C49H96NO8P. The van der Waals surface area contributed by atoms with Gasteiger partial charge in [0, 0.05) is 19.4 Å². The first-order chi connectivity index (χ1) is 28.8. The van der Waals surface area contributed by atoms with Crippen molar-refractivity contribution in [2.24, 2.45) is 5.73 Å². The summed E-state index contributed by atoms with van der Waals surface area (Å²) in [5.74, 6) is -0.817. The second kappa shape index (κ2) is 46.3. The lowest BCUT2D eigenvalue weighted by molar-refractivity contribution is -0.161. The molecule has 350 valence electrons. The number of hydrogen-bond donors (Lipinski definition) is 2. The molecule has 0 heterocycles. The molecule has 0 fully saturated rings. The van der Waals surface area contributed by atoms with Gasteiger partial charge in [-0.2, -0.15) is 0 Å². The first-order valence-corrected chi connectivity index (χ1v) is 26.7. The number of esters is 2. The fourth-order valence-electron chi connectivity index (χ4n) is 7.40. The SMILES string of the molecule is CCCCCCCCCC/C=C\CCCCCCCCCC(=O)O[C@H](COC(=O)CCCCCCCCCCCCCCCCCCCCC)COP(=O)(O)OCCN. The van der Waals surface area contributed by atoms with Crippen LogP contribution in [0.5, 0.6) is 0 Å². The Morgan fingerprint density at radius 1 is 0.492 bits per heavy atom. The molecular weight excluding hydrogens is 762 g/mol. The molecule has 0 bridgehead atoms. The van der Waals surface area contributed by atoms with Gasteiger partial charge in [0.1, 0.15) is 6.61 Å². The Bertz CT molecular complexity index is 980. The maximum Gasteiger partial charge on any atom is 0.472 e. The normalized spacial score (nSPS) is 13.2. The molecule has 1 unspecified atom stereocenters. The van der Waals surface area contributed by atoms with E-state index in [9.17, 15) is 19.0 Å². The van der Waals surface area contributed by atoms with Gasteiger partial charge in [-0.3, -0.25) is 18.6 Å². The second-order valence-electron chi connectivity index (χ2n) is 17.0. The van der Waals surface area contributed by atoms with Crippen LogP contribution in [0.15, 0.2) is 12.2 Å². The molecule has 0 aliphatic heterocycles.